The molecule has 2 aliphatic heterocycles. The quantitative estimate of drug-likeness (QED) is 0.794. The number of nitrogens with zero attached hydrogens (tertiary/aromatic N) is 3. The van der Waals surface area contributed by atoms with Crippen molar-refractivity contribution in [3.8, 4) is 0 Å². The van der Waals surface area contributed by atoms with Gasteiger partial charge in [-0.2, -0.15) is 0 Å². The molecule has 0 aromatic heterocycles. The van der Waals surface area contributed by atoms with Crippen molar-refractivity contribution in [2.24, 2.45) is 0 Å². The summed E-state index contributed by atoms with van der Waals surface area (Å²) < 4.78 is 25.7. The van der Waals surface area contributed by atoms with E-state index in [1.165, 1.54) is 4.90 Å². The van der Waals surface area contributed by atoms with Crippen LogP contribution in [-0.2, 0) is 9.59 Å². The number of rotatable bonds is 3. The maximum atomic E-state index is 12.9. The van der Waals surface area contributed by atoms with E-state index >= 15 is 0 Å². The topological polar surface area (TPSA) is 43.9 Å². The molecular formula is C16H17Cl2F2N3O2. The molecule has 2 amide bonds. The lowest BCUT2D eigenvalue weighted by atomic mass is 10.1. The summed E-state index contributed by atoms with van der Waals surface area (Å²) in [5, 5.41) is 0.885. The third-order valence-corrected chi connectivity index (χ3v) is 5.12. The highest BCUT2D eigenvalue weighted by atomic mass is 35.5. The minimum atomic E-state index is -2.80. The van der Waals surface area contributed by atoms with Gasteiger partial charge in [-0.25, -0.2) is 8.78 Å². The first kappa shape index (κ1) is 18.2. The van der Waals surface area contributed by atoms with Crippen molar-refractivity contribution in [2.45, 2.75) is 12.3 Å². The fourth-order valence-electron chi connectivity index (χ4n) is 2.93. The van der Waals surface area contributed by atoms with Crippen molar-refractivity contribution < 1.29 is 18.4 Å². The molecule has 9 heteroatoms. The number of carbonyl (C=O) groups excluding carboxylic acids is 2. The smallest absolute Gasteiger partial charge is 0.282 e. The van der Waals surface area contributed by atoms with Crippen LogP contribution in [0, 0.1) is 0 Å². The van der Waals surface area contributed by atoms with Crippen molar-refractivity contribution >= 4 is 40.7 Å². The molecule has 3 rings (SSSR count). The highest BCUT2D eigenvalue weighted by Crippen LogP contribution is 2.28. The van der Waals surface area contributed by atoms with E-state index in [2.05, 4.69) is 0 Å². The Morgan fingerprint density at radius 1 is 1.12 bits per heavy atom. The minimum absolute atomic E-state index is 0.163. The second-order valence-corrected chi connectivity index (χ2v) is 7.07. The van der Waals surface area contributed by atoms with Gasteiger partial charge in [-0.3, -0.25) is 9.59 Å². The maximum absolute atomic E-state index is 12.9. The minimum Gasteiger partial charge on any atom is -0.369 e. The van der Waals surface area contributed by atoms with Crippen LogP contribution in [0.4, 0.5) is 14.5 Å². The number of halogens is 4. The van der Waals surface area contributed by atoms with Crippen LogP contribution in [-0.4, -0.2) is 66.8 Å². The average molecular weight is 392 g/mol. The summed E-state index contributed by atoms with van der Waals surface area (Å²) >= 11 is 11.9. The number of carbonyl (C=O) groups is 2. The third-order valence-electron chi connectivity index (χ3n) is 4.38. The Bertz CT molecular complexity index is 694. The molecule has 2 saturated heterocycles. The predicted molar refractivity (Wildman–Crippen MR) is 91.4 cm³/mol. The van der Waals surface area contributed by atoms with Gasteiger partial charge in [-0.15, -0.1) is 0 Å². The van der Waals surface area contributed by atoms with Gasteiger partial charge < -0.3 is 14.7 Å². The lowest BCUT2D eigenvalue weighted by Gasteiger charge is -2.39. The van der Waals surface area contributed by atoms with Gasteiger partial charge in [0.1, 0.15) is 0 Å². The van der Waals surface area contributed by atoms with Crippen LogP contribution in [0.2, 0.25) is 10.0 Å². The molecule has 0 N–H and O–H groups in total. The molecule has 1 aromatic carbocycles. The number of hydrogen-bond acceptors (Lipinski definition) is 3. The molecule has 0 spiro atoms. The lowest BCUT2D eigenvalue weighted by Crippen LogP contribution is -2.60. The van der Waals surface area contributed by atoms with Gasteiger partial charge in [0.25, 0.3) is 5.92 Å². The predicted octanol–water partition coefficient (Wildman–Crippen LogP) is 2.51. The highest BCUT2D eigenvalue weighted by Gasteiger charge is 2.46. The van der Waals surface area contributed by atoms with Crippen molar-refractivity contribution in [2.75, 3.05) is 44.2 Å². The summed E-state index contributed by atoms with van der Waals surface area (Å²) in [5.41, 5.74) is 0.845. The van der Waals surface area contributed by atoms with Gasteiger partial charge in [-0.05, 0) is 18.2 Å². The summed E-state index contributed by atoms with van der Waals surface area (Å²) in [4.78, 5) is 28.8. The first-order chi connectivity index (χ1) is 11.7. The van der Waals surface area contributed by atoms with E-state index < -0.39 is 24.9 Å². The zero-order valence-electron chi connectivity index (χ0n) is 13.4. The first-order valence-electron chi connectivity index (χ1n) is 7.88. The molecule has 25 heavy (non-hydrogen) atoms. The summed E-state index contributed by atoms with van der Waals surface area (Å²) in [6, 6.07) is 5.25. The molecule has 5 nitrogen and oxygen atoms in total. The van der Waals surface area contributed by atoms with E-state index in [9.17, 15) is 18.4 Å². The van der Waals surface area contributed by atoms with Crippen LogP contribution in [0.1, 0.15) is 6.42 Å². The molecule has 0 aliphatic carbocycles. The third kappa shape index (κ3) is 4.15. The summed E-state index contributed by atoms with van der Waals surface area (Å²) in [6.45, 7) is 0.0577. The van der Waals surface area contributed by atoms with Gasteiger partial charge in [0.15, 0.2) is 0 Å². The van der Waals surface area contributed by atoms with E-state index in [0.717, 1.165) is 10.6 Å². The fourth-order valence-corrected chi connectivity index (χ4v) is 3.22. The monoisotopic (exact) mass is 391 g/mol. The molecule has 0 atom stereocenters. The first-order valence-corrected chi connectivity index (χ1v) is 8.64. The van der Waals surface area contributed by atoms with Crippen LogP contribution in [0.15, 0.2) is 18.2 Å². The molecule has 2 fully saturated rings. The number of alkyl halides is 2. The summed E-state index contributed by atoms with van der Waals surface area (Å²) in [6.07, 6.45) is 0.240. The van der Waals surface area contributed by atoms with Crippen LogP contribution in [0.25, 0.3) is 0 Å². The molecule has 136 valence electrons. The van der Waals surface area contributed by atoms with E-state index in [1.54, 1.807) is 12.1 Å². The Kier molecular flexibility index (Phi) is 5.06. The van der Waals surface area contributed by atoms with Gasteiger partial charge in [0.2, 0.25) is 11.8 Å². The zero-order valence-corrected chi connectivity index (χ0v) is 14.9. The van der Waals surface area contributed by atoms with Crippen LogP contribution in [0.3, 0.4) is 0 Å². The van der Waals surface area contributed by atoms with Crippen LogP contribution >= 0.6 is 23.2 Å². The van der Waals surface area contributed by atoms with Crippen LogP contribution < -0.4 is 4.90 Å². The Labute approximate surface area is 154 Å². The Morgan fingerprint density at radius 2 is 1.84 bits per heavy atom. The Hall–Kier alpha value is -1.60. The standard InChI is InChI=1S/C16H17Cl2F2N3O2/c17-12-2-1-11(7-13(12)18)21-4-3-14(24)22(6-5-21)8-15(25)23-9-16(19,20)10-23/h1-2,7H,3-6,8-10H2. The van der Waals surface area contributed by atoms with E-state index in [-0.39, 0.29) is 18.9 Å². The molecule has 1 aromatic rings. The molecular weight excluding hydrogens is 375 g/mol. The van der Waals surface area contributed by atoms with Gasteiger partial charge >= 0.3 is 0 Å². The fraction of sp³-hybridized carbons (Fsp3) is 0.500. The van der Waals surface area contributed by atoms with Gasteiger partial charge in [0.05, 0.1) is 29.7 Å². The van der Waals surface area contributed by atoms with E-state index in [4.69, 9.17) is 23.2 Å². The normalized spacial score (nSPS) is 20.3. The summed E-state index contributed by atoms with van der Waals surface area (Å²) in [5.74, 6) is -3.41. The second kappa shape index (κ2) is 6.96. The number of anilines is 1. The molecule has 2 heterocycles. The highest BCUT2D eigenvalue weighted by molar-refractivity contribution is 6.42. The largest absolute Gasteiger partial charge is 0.369 e. The van der Waals surface area contributed by atoms with Crippen molar-refractivity contribution in [3.63, 3.8) is 0 Å². The summed E-state index contributed by atoms with van der Waals surface area (Å²) in [7, 11) is 0. The zero-order chi connectivity index (χ0) is 18.2. The van der Waals surface area contributed by atoms with Gasteiger partial charge in [0, 0.05) is 31.7 Å². The van der Waals surface area contributed by atoms with Crippen molar-refractivity contribution in [1.82, 2.24) is 9.80 Å². The molecule has 0 radical (unpaired) electrons. The number of likely N-dealkylation sites (tertiary alicyclic amines) is 1. The lowest BCUT2D eigenvalue weighted by molar-refractivity contribution is -0.167. The van der Waals surface area contributed by atoms with E-state index in [1.807, 2.05) is 11.0 Å². The van der Waals surface area contributed by atoms with Crippen molar-refractivity contribution in [3.05, 3.63) is 28.2 Å². The molecule has 0 saturated carbocycles. The second-order valence-electron chi connectivity index (χ2n) is 6.26. The molecule has 0 bridgehead atoms. The molecule has 2 aliphatic rings. The SMILES string of the molecule is O=C1CCN(c2ccc(Cl)c(Cl)c2)CCN1CC(=O)N1CC(F)(F)C1. The number of hydrogen-bond donors (Lipinski definition) is 0. The Balaban J connectivity index is 1.60. The average Bonchev–Trinajstić information content (AvgIpc) is 2.70. The maximum Gasteiger partial charge on any atom is 0.282 e. The van der Waals surface area contributed by atoms with E-state index in [0.29, 0.717) is 29.7 Å². The molecule has 0 unspecified atom stereocenters. The van der Waals surface area contributed by atoms with Crippen LogP contribution in [0.5, 0.6) is 0 Å². The number of amides is 2. The Morgan fingerprint density at radius 3 is 2.48 bits per heavy atom. The van der Waals surface area contributed by atoms with Gasteiger partial charge in [-0.1, -0.05) is 23.2 Å². The van der Waals surface area contributed by atoms with Crippen molar-refractivity contribution in [1.29, 1.82) is 0 Å². The number of benzene rings is 1.